The molecule has 1 amide bonds. The summed E-state index contributed by atoms with van der Waals surface area (Å²) in [5, 5.41) is 2.00. The van der Waals surface area contributed by atoms with E-state index in [-0.39, 0.29) is 36.5 Å². The lowest BCUT2D eigenvalue weighted by Crippen LogP contribution is -2.41. The zero-order chi connectivity index (χ0) is 23.6. The fourth-order valence-electron chi connectivity index (χ4n) is 4.53. The second-order valence-corrected chi connectivity index (χ2v) is 11.7. The van der Waals surface area contributed by atoms with Crippen LogP contribution in [0.2, 0.25) is 0 Å². The third-order valence-corrected chi connectivity index (χ3v) is 9.55. The zero-order valence-corrected chi connectivity index (χ0v) is 20.7. The number of thiophene rings is 1. The van der Waals surface area contributed by atoms with E-state index in [0.29, 0.717) is 19.4 Å². The summed E-state index contributed by atoms with van der Waals surface area (Å²) in [6.07, 6.45) is 2.64. The van der Waals surface area contributed by atoms with Crippen molar-refractivity contribution in [1.29, 1.82) is 0 Å². The van der Waals surface area contributed by atoms with E-state index in [1.807, 2.05) is 37.4 Å². The number of hydrogen-bond acceptors (Lipinski definition) is 6. The molecule has 0 saturated carbocycles. The molecule has 2 aliphatic heterocycles. The summed E-state index contributed by atoms with van der Waals surface area (Å²) in [5.41, 5.74) is 1.97. The van der Waals surface area contributed by atoms with Crippen LogP contribution in [0.4, 0.5) is 0 Å². The van der Waals surface area contributed by atoms with Gasteiger partial charge in [-0.1, -0.05) is 12.1 Å². The summed E-state index contributed by atoms with van der Waals surface area (Å²) in [6, 6.07) is 9.21. The lowest BCUT2D eigenvalue weighted by molar-refractivity contribution is -0.156. The number of benzene rings is 1. The molecule has 0 spiro atoms. The van der Waals surface area contributed by atoms with Crippen LogP contribution in [0.5, 0.6) is 0 Å². The molecular weight excluding hydrogens is 460 g/mol. The Kier molecular flexibility index (Phi) is 7.21. The fourth-order valence-corrected chi connectivity index (χ4v) is 6.96. The van der Waals surface area contributed by atoms with Gasteiger partial charge in [-0.15, -0.1) is 11.3 Å². The first-order valence-corrected chi connectivity index (χ1v) is 13.7. The van der Waals surface area contributed by atoms with Crippen LogP contribution >= 0.6 is 11.3 Å². The average molecular weight is 491 g/mol. The average Bonchev–Trinajstić information content (AvgIpc) is 3.51. The first-order chi connectivity index (χ1) is 15.8. The maximum Gasteiger partial charge on any atom is 0.309 e. The van der Waals surface area contributed by atoms with Crippen LogP contribution in [0.3, 0.4) is 0 Å². The highest BCUT2D eigenvalue weighted by Crippen LogP contribution is 2.34. The molecular formula is C24H30N2O5S2. The van der Waals surface area contributed by atoms with Gasteiger partial charge >= 0.3 is 5.97 Å². The number of rotatable bonds is 6. The van der Waals surface area contributed by atoms with Crippen molar-refractivity contribution < 1.29 is 22.7 Å². The van der Waals surface area contributed by atoms with Gasteiger partial charge in [0.15, 0.2) is 6.61 Å². The van der Waals surface area contributed by atoms with Gasteiger partial charge in [0.1, 0.15) is 0 Å². The van der Waals surface area contributed by atoms with Crippen molar-refractivity contribution >= 4 is 33.2 Å². The van der Waals surface area contributed by atoms with Crippen LogP contribution in [0.1, 0.15) is 47.7 Å². The molecule has 2 aliphatic rings. The first-order valence-electron chi connectivity index (χ1n) is 11.3. The van der Waals surface area contributed by atoms with E-state index >= 15 is 0 Å². The zero-order valence-electron chi connectivity index (χ0n) is 19.0. The number of amides is 1. The minimum Gasteiger partial charge on any atom is -0.455 e. The monoisotopic (exact) mass is 490 g/mol. The molecule has 1 aromatic heterocycles. The molecule has 33 heavy (non-hydrogen) atoms. The van der Waals surface area contributed by atoms with E-state index in [1.165, 1.54) is 4.31 Å². The summed E-state index contributed by atoms with van der Waals surface area (Å²) >= 11 is 1.63. The van der Waals surface area contributed by atoms with Crippen molar-refractivity contribution in [1.82, 2.24) is 9.21 Å². The lowest BCUT2D eigenvalue weighted by atomic mass is 9.98. The second-order valence-electron chi connectivity index (χ2n) is 8.79. The minimum atomic E-state index is -3.59. The molecule has 1 unspecified atom stereocenters. The van der Waals surface area contributed by atoms with Crippen LogP contribution in [0, 0.1) is 19.8 Å². The Morgan fingerprint density at radius 2 is 1.82 bits per heavy atom. The highest BCUT2D eigenvalue weighted by atomic mass is 32.2. The Bertz CT molecular complexity index is 1110. The Hall–Kier alpha value is -2.23. The first kappa shape index (κ1) is 23.9. The summed E-state index contributed by atoms with van der Waals surface area (Å²) in [4.78, 5) is 28.5. The van der Waals surface area contributed by atoms with Crippen molar-refractivity contribution in [3.8, 4) is 0 Å². The number of carbonyl (C=O) groups excluding carboxylic acids is 2. The van der Waals surface area contributed by atoms with Crippen molar-refractivity contribution in [3.05, 3.63) is 51.7 Å². The van der Waals surface area contributed by atoms with E-state index in [1.54, 1.807) is 28.4 Å². The van der Waals surface area contributed by atoms with E-state index < -0.39 is 21.9 Å². The number of hydrogen-bond donors (Lipinski definition) is 0. The van der Waals surface area contributed by atoms with Gasteiger partial charge in [0.2, 0.25) is 10.0 Å². The standard InChI is InChI=1S/C24H30N2O5S2/c1-17-7-8-20(15-18(17)2)33(29,30)25-12-9-19(10-13-25)24(28)31-16-23(27)26-11-3-5-21(26)22-6-4-14-32-22/h4,6-8,14-15,19,21H,3,5,9-13,16H2,1-2H3. The molecule has 178 valence electrons. The van der Waals surface area contributed by atoms with Crippen LogP contribution in [-0.4, -0.2) is 55.7 Å². The topological polar surface area (TPSA) is 84.0 Å². The Morgan fingerprint density at radius 1 is 1.06 bits per heavy atom. The van der Waals surface area contributed by atoms with Crippen LogP contribution in [0.15, 0.2) is 40.6 Å². The van der Waals surface area contributed by atoms with Crippen molar-refractivity contribution in [2.45, 2.75) is 50.5 Å². The number of aryl methyl sites for hydroxylation is 2. The number of ether oxygens (including phenoxy) is 1. The molecule has 0 radical (unpaired) electrons. The van der Waals surface area contributed by atoms with Gasteiger partial charge in [-0.2, -0.15) is 4.31 Å². The highest BCUT2D eigenvalue weighted by molar-refractivity contribution is 7.89. The quantitative estimate of drug-likeness (QED) is 0.577. The number of esters is 1. The summed E-state index contributed by atoms with van der Waals surface area (Å²) in [7, 11) is -3.59. The Morgan fingerprint density at radius 3 is 2.48 bits per heavy atom. The van der Waals surface area contributed by atoms with Gasteiger partial charge in [0.25, 0.3) is 5.91 Å². The van der Waals surface area contributed by atoms with Gasteiger partial charge in [-0.05, 0) is 74.2 Å². The number of sulfonamides is 1. The van der Waals surface area contributed by atoms with Gasteiger partial charge < -0.3 is 9.64 Å². The van der Waals surface area contributed by atoms with Crippen LogP contribution < -0.4 is 0 Å². The fraction of sp³-hybridized carbons (Fsp3) is 0.500. The minimum absolute atomic E-state index is 0.0649. The predicted molar refractivity (Wildman–Crippen MR) is 126 cm³/mol. The van der Waals surface area contributed by atoms with E-state index in [9.17, 15) is 18.0 Å². The SMILES string of the molecule is Cc1ccc(S(=O)(=O)N2CCC(C(=O)OCC(=O)N3CCCC3c3cccs3)CC2)cc1C. The second kappa shape index (κ2) is 9.95. The number of piperidine rings is 1. The van der Waals surface area contributed by atoms with Gasteiger partial charge in [-0.25, -0.2) is 8.42 Å². The Balaban J connectivity index is 1.29. The lowest BCUT2D eigenvalue weighted by Gasteiger charge is -2.30. The molecule has 7 nitrogen and oxygen atoms in total. The molecule has 0 aliphatic carbocycles. The molecule has 1 atom stereocenters. The highest BCUT2D eigenvalue weighted by Gasteiger charge is 2.34. The van der Waals surface area contributed by atoms with Crippen LogP contribution in [0.25, 0.3) is 0 Å². The summed E-state index contributed by atoms with van der Waals surface area (Å²) in [5.74, 6) is -0.983. The van der Waals surface area contributed by atoms with Crippen LogP contribution in [-0.2, 0) is 24.3 Å². The number of nitrogens with zero attached hydrogens (tertiary/aromatic N) is 2. The Labute approximate surface area is 199 Å². The molecule has 0 bridgehead atoms. The van der Waals surface area contributed by atoms with E-state index in [2.05, 4.69) is 0 Å². The number of carbonyl (C=O) groups is 2. The summed E-state index contributed by atoms with van der Waals surface area (Å²) < 4.78 is 32.7. The normalized spacial score (nSPS) is 20.2. The van der Waals surface area contributed by atoms with E-state index in [0.717, 1.165) is 28.8 Å². The molecule has 2 saturated heterocycles. The van der Waals surface area contributed by atoms with E-state index in [4.69, 9.17) is 4.74 Å². The maximum atomic E-state index is 13.0. The van der Waals surface area contributed by atoms with Crippen molar-refractivity contribution in [2.75, 3.05) is 26.2 Å². The molecule has 9 heteroatoms. The largest absolute Gasteiger partial charge is 0.455 e. The van der Waals surface area contributed by atoms with Gasteiger partial charge in [-0.3, -0.25) is 9.59 Å². The van der Waals surface area contributed by atoms with Gasteiger partial charge in [0, 0.05) is 24.5 Å². The molecule has 4 rings (SSSR count). The number of likely N-dealkylation sites (tertiary alicyclic amines) is 1. The molecule has 1 aromatic carbocycles. The summed E-state index contributed by atoms with van der Waals surface area (Å²) in [6.45, 7) is 4.77. The molecule has 3 heterocycles. The van der Waals surface area contributed by atoms with Crippen molar-refractivity contribution in [3.63, 3.8) is 0 Å². The maximum absolute atomic E-state index is 13.0. The smallest absolute Gasteiger partial charge is 0.309 e. The van der Waals surface area contributed by atoms with Crippen molar-refractivity contribution in [2.24, 2.45) is 5.92 Å². The molecule has 2 fully saturated rings. The predicted octanol–water partition coefficient (Wildman–Crippen LogP) is 3.67. The van der Waals surface area contributed by atoms with Gasteiger partial charge in [0.05, 0.1) is 16.9 Å². The third-order valence-electron chi connectivity index (χ3n) is 6.69. The molecule has 0 N–H and O–H groups in total. The molecule has 2 aromatic rings. The third kappa shape index (κ3) is 5.15.